The fourth-order valence-electron chi connectivity index (χ4n) is 6.78. The van der Waals surface area contributed by atoms with E-state index in [0.29, 0.717) is 0 Å². The highest BCUT2D eigenvalue weighted by Gasteiger charge is 2.18. The summed E-state index contributed by atoms with van der Waals surface area (Å²) in [6, 6.07) is 51.8. The van der Waals surface area contributed by atoms with Gasteiger partial charge in [0.15, 0.2) is 0 Å². The van der Waals surface area contributed by atoms with E-state index in [0.717, 1.165) is 33.8 Å². The minimum atomic E-state index is 0.974. The Morgan fingerprint density at radius 2 is 0.717 bits per heavy atom. The van der Waals surface area contributed by atoms with E-state index < -0.39 is 0 Å². The van der Waals surface area contributed by atoms with Gasteiger partial charge < -0.3 is 0 Å². The van der Waals surface area contributed by atoms with Gasteiger partial charge in [-0.25, -0.2) is 0 Å². The number of hydrogen-bond donors (Lipinski definition) is 0. The largest absolute Gasteiger partial charge is 0.256 e. The van der Waals surface area contributed by atoms with Crippen LogP contribution in [0.4, 0.5) is 0 Å². The van der Waals surface area contributed by atoms with Crippen molar-refractivity contribution in [3.05, 3.63) is 164 Å². The molecule has 0 aliphatic carbocycles. The first-order valence-electron chi connectivity index (χ1n) is 15.5. The van der Waals surface area contributed by atoms with E-state index in [9.17, 15) is 0 Å². The zero-order valence-corrected chi connectivity index (χ0v) is 24.9. The SMILES string of the molecule is c1ccc(-c2ccc(-c3cc(-c4ccc(-c5ccccn5)cc4)c4ccc5cc(-c6ccccn6)cc6ccc3c4c65)cc2)nc1. The summed E-state index contributed by atoms with van der Waals surface area (Å²) in [6.45, 7) is 0. The van der Waals surface area contributed by atoms with Crippen LogP contribution >= 0.6 is 0 Å². The maximum atomic E-state index is 4.64. The molecule has 6 aromatic carbocycles. The van der Waals surface area contributed by atoms with E-state index in [4.69, 9.17) is 0 Å². The van der Waals surface area contributed by atoms with Gasteiger partial charge in [-0.2, -0.15) is 0 Å². The van der Waals surface area contributed by atoms with Crippen molar-refractivity contribution in [1.29, 1.82) is 0 Å². The van der Waals surface area contributed by atoms with Gasteiger partial charge in [-0.05, 0) is 109 Å². The molecule has 46 heavy (non-hydrogen) atoms. The third-order valence-corrected chi connectivity index (χ3v) is 8.99. The van der Waals surface area contributed by atoms with E-state index >= 15 is 0 Å². The monoisotopic (exact) mass is 585 g/mol. The molecule has 0 radical (unpaired) electrons. The van der Waals surface area contributed by atoms with E-state index in [-0.39, 0.29) is 0 Å². The van der Waals surface area contributed by atoms with Gasteiger partial charge in [-0.15, -0.1) is 0 Å². The Morgan fingerprint density at radius 1 is 0.304 bits per heavy atom. The summed E-state index contributed by atoms with van der Waals surface area (Å²) >= 11 is 0. The second-order valence-electron chi connectivity index (χ2n) is 11.7. The molecule has 0 bridgehead atoms. The number of aromatic nitrogens is 3. The van der Waals surface area contributed by atoms with Crippen LogP contribution in [0.5, 0.6) is 0 Å². The fraction of sp³-hybridized carbons (Fsp3) is 0. The summed E-state index contributed by atoms with van der Waals surface area (Å²) in [4.78, 5) is 13.8. The molecule has 9 aromatic rings. The molecule has 0 fully saturated rings. The summed E-state index contributed by atoms with van der Waals surface area (Å²) in [5.41, 5.74) is 11.1. The molecule has 0 spiro atoms. The topological polar surface area (TPSA) is 38.7 Å². The Hall–Kier alpha value is -6.19. The second-order valence-corrected chi connectivity index (χ2v) is 11.7. The van der Waals surface area contributed by atoms with E-state index in [1.807, 2.05) is 55.0 Å². The van der Waals surface area contributed by atoms with E-state index in [1.165, 1.54) is 54.6 Å². The fourth-order valence-corrected chi connectivity index (χ4v) is 6.78. The number of benzene rings is 6. The molecular weight excluding hydrogens is 558 g/mol. The first kappa shape index (κ1) is 26.2. The van der Waals surface area contributed by atoms with Gasteiger partial charge in [0, 0.05) is 35.3 Å². The third-order valence-electron chi connectivity index (χ3n) is 8.99. The molecule has 3 aromatic heterocycles. The molecule has 0 aliphatic heterocycles. The predicted octanol–water partition coefficient (Wildman–Crippen LogP) is 11.1. The lowest BCUT2D eigenvalue weighted by Gasteiger charge is -2.19. The number of rotatable bonds is 5. The zero-order valence-electron chi connectivity index (χ0n) is 24.9. The minimum absolute atomic E-state index is 0.974. The molecular formula is C43H27N3. The predicted molar refractivity (Wildman–Crippen MR) is 191 cm³/mol. The van der Waals surface area contributed by atoms with E-state index in [2.05, 4.69) is 124 Å². The Kier molecular flexibility index (Phi) is 6.14. The highest BCUT2D eigenvalue weighted by molar-refractivity contribution is 6.28. The molecule has 3 heteroatoms. The molecule has 0 saturated heterocycles. The molecule has 0 aliphatic rings. The minimum Gasteiger partial charge on any atom is -0.256 e. The standard InChI is InChI=1S/C43H27N3/c1-4-22-44-39(7-1)30-14-10-28(11-15-30)37-27-38(29-12-16-31(17-13-29)40-8-2-5-23-45-40)36-21-19-33-26-34(41-9-3-6-24-46-41)25-32-18-20-35(37)43(36)42(32)33/h1-27H. The van der Waals surface area contributed by atoms with Gasteiger partial charge in [-0.1, -0.05) is 91.0 Å². The van der Waals surface area contributed by atoms with Gasteiger partial charge in [-0.3, -0.25) is 15.0 Å². The summed E-state index contributed by atoms with van der Waals surface area (Å²) < 4.78 is 0. The number of pyridine rings is 3. The van der Waals surface area contributed by atoms with Crippen molar-refractivity contribution >= 4 is 32.3 Å². The van der Waals surface area contributed by atoms with Crippen LogP contribution in [-0.2, 0) is 0 Å². The van der Waals surface area contributed by atoms with Crippen molar-refractivity contribution in [3.63, 3.8) is 0 Å². The number of nitrogens with zero attached hydrogens (tertiary/aromatic N) is 3. The average Bonchev–Trinajstić information content (AvgIpc) is 3.14. The van der Waals surface area contributed by atoms with Crippen LogP contribution in [-0.4, -0.2) is 15.0 Å². The molecule has 3 heterocycles. The molecule has 0 amide bonds. The quantitative estimate of drug-likeness (QED) is 0.189. The van der Waals surface area contributed by atoms with Crippen molar-refractivity contribution in [2.24, 2.45) is 0 Å². The zero-order chi connectivity index (χ0) is 30.5. The van der Waals surface area contributed by atoms with Crippen LogP contribution in [0.3, 0.4) is 0 Å². The van der Waals surface area contributed by atoms with Crippen molar-refractivity contribution in [2.75, 3.05) is 0 Å². The molecule has 0 saturated carbocycles. The summed E-state index contributed by atoms with van der Waals surface area (Å²) in [5, 5.41) is 7.51. The van der Waals surface area contributed by atoms with Crippen LogP contribution in [0.1, 0.15) is 0 Å². The van der Waals surface area contributed by atoms with Crippen molar-refractivity contribution in [3.8, 4) is 56.0 Å². The maximum Gasteiger partial charge on any atom is 0.0702 e. The molecule has 9 rings (SSSR count). The van der Waals surface area contributed by atoms with Crippen LogP contribution in [0.15, 0.2) is 164 Å². The van der Waals surface area contributed by atoms with Gasteiger partial charge in [0.25, 0.3) is 0 Å². The maximum absolute atomic E-state index is 4.64. The van der Waals surface area contributed by atoms with Crippen molar-refractivity contribution < 1.29 is 0 Å². The van der Waals surface area contributed by atoms with Crippen LogP contribution in [0, 0.1) is 0 Å². The van der Waals surface area contributed by atoms with Gasteiger partial charge in [0.2, 0.25) is 0 Å². The molecule has 0 atom stereocenters. The number of hydrogen-bond acceptors (Lipinski definition) is 3. The Bertz CT molecular complexity index is 2320. The lowest BCUT2D eigenvalue weighted by molar-refractivity contribution is 1.33. The van der Waals surface area contributed by atoms with Crippen molar-refractivity contribution in [1.82, 2.24) is 15.0 Å². The Morgan fingerprint density at radius 3 is 1.13 bits per heavy atom. The van der Waals surface area contributed by atoms with Crippen molar-refractivity contribution in [2.45, 2.75) is 0 Å². The molecule has 3 nitrogen and oxygen atoms in total. The Labute approximate surface area is 266 Å². The lowest BCUT2D eigenvalue weighted by atomic mass is 9.84. The lowest BCUT2D eigenvalue weighted by Crippen LogP contribution is -1.92. The summed E-state index contributed by atoms with van der Waals surface area (Å²) in [6.07, 6.45) is 5.54. The van der Waals surface area contributed by atoms with E-state index in [1.54, 1.807) is 0 Å². The first-order chi connectivity index (χ1) is 22.8. The molecule has 0 N–H and O–H groups in total. The Balaban J connectivity index is 1.28. The summed E-state index contributed by atoms with van der Waals surface area (Å²) in [7, 11) is 0. The van der Waals surface area contributed by atoms with Crippen LogP contribution in [0.2, 0.25) is 0 Å². The molecule has 0 unspecified atom stereocenters. The normalized spacial score (nSPS) is 11.5. The van der Waals surface area contributed by atoms with Gasteiger partial charge >= 0.3 is 0 Å². The van der Waals surface area contributed by atoms with Crippen LogP contribution < -0.4 is 0 Å². The highest BCUT2D eigenvalue weighted by Crippen LogP contribution is 2.45. The highest BCUT2D eigenvalue weighted by atomic mass is 14.7. The third kappa shape index (κ3) is 4.41. The first-order valence-corrected chi connectivity index (χ1v) is 15.5. The second kappa shape index (κ2) is 10.8. The smallest absolute Gasteiger partial charge is 0.0702 e. The average molecular weight is 586 g/mol. The summed E-state index contributed by atoms with van der Waals surface area (Å²) in [5.74, 6) is 0. The van der Waals surface area contributed by atoms with Crippen LogP contribution in [0.25, 0.3) is 88.3 Å². The van der Waals surface area contributed by atoms with Gasteiger partial charge in [0.05, 0.1) is 17.1 Å². The van der Waals surface area contributed by atoms with Gasteiger partial charge in [0.1, 0.15) is 0 Å². The molecule has 214 valence electrons.